The Balaban J connectivity index is 1.17. The first-order valence-corrected chi connectivity index (χ1v) is 18.1. The molecule has 0 saturated carbocycles. The number of anilines is 1. The molecule has 0 bridgehead atoms. The number of rotatable bonds is 19. The first-order valence-electron chi connectivity index (χ1n) is 18.1. The summed E-state index contributed by atoms with van der Waals surface area (Å²) >= 11 is 0. The molecule has 8 heteroatoms. The quantitative estimate of drug-likeness (QED) is 0.0634. The standard InChI is InChI=1S/C46H44N2O6/c1-2-26-53-42-23-21-33-14-6-8-19-39(33)44(42)45-40-20-9-7-15-34(40)22-24-43(45)54-30-38(49)28-36(17-11-25-47)46(51)48-37-18-10-16-35(27-37)41(50)31-52-29-32-12-4-3-5-13-32/h2-10,12-16,18-24,27,36H,1,11,17,25-26,28-31,47H2,(H,48,51)/t36-/m0/s1. The van der Waals surface area contributed by atoms with Crippen LogP contribution in [0.1, 0.15) is 35.2 Å². The van der Waals surface area contributed by atoms with E-state index in [1.165, 1.54) is 0 Å². The second kappa shape index (κ2) is 18.6. The fraction of sp³-hybridized carbons (Fsp3) is 0.196. The third-order valence-corrected chi connectivity index (χ3v) is 9.18. The Kier molecular flexibility index (Phi) is 13.0. The first-order chi connectivity index (χ1) is 26.4. The zero-order valence-electron chi connectivity index (χ0n) is 30.2. The van der Waals surface area contributed by atoms with Crippen LogP contribution in [0, 0.1) is 5.92 Å². The van der Waals surface area contributed by atoms with Crippen molar-refractivity contribution in [1.29, 1.82) is 0 Å². The summed E-state index contributed by atoms with van der Waals surface area (Å²) in [6.07, 6.45) is 2.64. The summed E-state index contributed by atoms with van der Waals surface area (Å²) in [5.41, 5.74) is 9.34. The largest absolute Gasteiger partial charge is 0.489 e. The van der Waals surface area contributed by atoms with Gasteiger partial charge in [-0.05, 0) is 70.8 Å². The summed E-state index contributed by atoms with van der Waals surface area (Å²) in [6.45, 7) is 4.51. The SMILES string of the molecule is C=CCOc1ccc2ccccc2c1-c1c(OCC(=O)C[C@H](CCCN)C(=O)Nc2cccc(C(=O)COCc3ccccc3)c2)ccc2ccccc12. The normalized spacial score (nSPS) is 11.6. The number of carbonyl (C=O) groups excluding carboxylic acids is 3. The number of ether oxygens (including phenoxy) is 3. The number of ketones is 2. The van der Waals surface area contributed by atoms with Gasteiger partial charge in [0, 0.05) is 34.7 Å². The molecule has 0 saturated heterocycles. The second-order valence-electron chi connectivity index (χ2n) is 13.1. The number of nitrogens with one attached hydrogen (secondary N) is 1. The molecule has 1 atom stereocenters. The summed E-state index contributed by atoms with van der Waals surface area (Å²) in [4.78, 5) is 40.1. The van der Waals surface area contributed by atoms with E-state index < -0.39 is 5.92 Å². The maximum absolute atomic E-state index is 13.6. The number of nitrogens with two attached hydrogens (primary N) is 1. The maximum atomic E-state index is 13.6. The topological polar surface area (TPSA) is 117 Å². The Morgan fingerprint density at radius 2 is 1.37 bits per heavy atom. The third-order valence-electron chi connectivity index (χ3n) is 9.18. The molecule has 6 aromatic carbocycles. The fourth-order valence-electron chi connectivity index (χ4n) is 6.52. The van der Waals surface area contributed by atoms with Crippen molar-refractivity contribution in [2.24, 2.45) is 11.7 Å². The van der Waals surface area contributed by atoms with Gasteiger partial charge < -0.3 is 25.3 Å². The molecule has 0 spiro atoms. The monoisotopic (exact) mass is 720 g/mol. The number of amides is 1. The highest BCUT2D eigenvalue weighted by Crippen LogP contribution is 2.45. The van der Waals surface area contributed by atoms with Gasteiger partial charge in [0.15, 0.2) is 11.6 Å². The van der Waals surface area contributed by atoms with Crippen molar-refractivity contribution in [2.75, 3.05) is 31.7 Å². The zero-order chi connectivity index (χ0) is 37.7. The Bertz CT molecular complexity index is 2250. The minimum Gasteiger partial charge on any atom is -0.489 e. The van der Waals surface area contributed by atoms with Crippen molar-refractivity contribution in [2.45, 2.75) is 25.9 Å². The lowest BCUT2D eigenvalue weighted by molar-refractivity contribution is -0.127. The molecule has 0 aromatic heterocycles. The van der Waals surface area contributed by atoms with Gasteiger partial charge in [-0.1, -0.05) is 116 Å². The van der Waals surface area contributed by atoms with Gasteiger partial charge in [-0.2, -0.15) is 0 Å². The number of fused-ring (bicyclic) bond motifs is 2. The number of hydrogen-bond donors (Lipinski definition) is 2. The van der Waals surface area contributed by atoms with Crippen LogP contribution in [0.15, 0.2) is 140 Å². The molecule has 6 aromatic rings. The highest BCUT2D eigenvalue weighted by Gasteiger charge is 2.24. The second-order valence-corrected chi connectivity index (χ2v) is 13.1. The summed E-state index contributed by atoms with van der Waals surface area (Å²) in [5, 5.41) is 6.89. The van der Waals surface area contributed by atoms with E-state index in [4.69, 9.17) is 19.9 Å². The van der Waals surface area contributed by atoms with Crippen LogP contribution in [-0.2, 0) is 20.9 Å². The molecular formula is C46H44N2O6. The van der Waals surface area contributed by atoms with Crippen molar-refractivity contribution in [3.05, 3.63) is 151 Å². The van der Waals surface area contributed by atoms with Gasteiger partial charge >= 0.3 is 0 Å². The van der Waals surface area contributed by atoms with Gasteiger partial charge in [-0.15, -0.1) is 0 Å². The van der Waals surface area contributed by atoms with Gasteiger partial charge in [0.25, 0.3) is 0 Å². The van der Waals surface area contributed by atoms with E-state index in [1.807, 2.05) is 103 Å². The van der Waals surface area contributed by atoms with Crippen LogP contribution in [-0.4, -0.2) is 43.8 Å². The number of hydrogen-bond acceptors (Lipinski definition) is 7. The highest BCUT2D eigenvalue weighted by molar-refractivity contribution is 6.10. The molecule has 0 heterocycles. The van der Waals surface area contributed by atoms with Gasteiger partial charge in [0.2, 0.25) is 5.91 Å². The van der Waals surface area contributed by atoms with Crippen LogP contribution >= 0.6 is 0 Å². The van der Waals surface area contributed by atoms with E-state index in [2.05, 4.69) is 11.9 Å². The molecule has 8 nitrogen and oxygen atoms in total. The van der Waals surface area contributed by atoms with E-state index in [0.29, 0.717) is 55.4 Å². The molecule has 274 valence electrons. The van der Waals surface area contributed by atoms with Crippen molar-refractivity contribution in [1.82, 2.24) is 0 Å². The van der Waals surface area contributed by atoms with Gasteiger partial charge in [0.1, 0.15) is 31.3 Å². The van der Waals surface area contributed by atoms with Crippen LogP contribution in [0.5, 0.6) is 11.5 Å². The van der Waals surface area contributed by atoms with Crippen molar-refractivity contribution < 1.29 is 28.6 Å². The lowest BCUT2D eigenvalue weighted by Crippen LogP contribution is -2.27. The molecule has 1 amide bonds. The fourth-order valence-corrected chi connectivity index (χ4v) is 6.52. The van der Waals surface area contributed by atoms with Crippen molar-refractivity contribution >= 4 is 44.7 Å². The Hall–Kier alpha value is -6.09. The molecule has 0 radical (unpaired) electrons. The van der Waals surface area contributed by atoms with Crippen LogP contribution in [0.25, 0.3) is 32.7 Å². The summed E-state index contributed by atoms with van der Waals surface area (Å²) in [6, 6.07) is 40.3. The van der Waals surface area contributed by atoms with Gasteiger partial charge in [-0.25, -0.2) is 0 Å². The molecular weight excluding hydrogens is 677 g/mol. The molecule has 6 rings (SSSR count). The average molecular weight is 721 g/mol. The van der Waals surface area contributed by atoms with Crippen LogP contribution in [0.4, 0.5) is 5.69 Å². The van der Waals surface area contributed by atoms with Crippen molar-refractivity contribution in [3.63, 3.8) is 0 Å². The predicted molar refractivity (Wildman–Crippen MR) is 215 cm³/mol. The summed E-state index contributed by atoms with van der Waals surface area (Å²) < 4.78 is 18.1. The third kappa shape index (κ3) is 9.46. The predicted octanol–water partition coefficient (Wildman–Crippen LogP) is 8.96. The van der Waals surface area contributed by atoms with E-state index in [-0.39, 0.29) is 37.1 Å². The minimum atomic E-state index is -0.647. The Morgan fingerprint density at radius 1 is 0.722 bits per heavy atom. The molecule has 54 heavy (non-hydrogen) atoms. The smallest absolute Gasteiger partial charge is 0.227 e. The Labute approximate surface area is 315 Å². The molecule has 3 N–H and O–H groups in total. The lowest BCUT2D eigenvalue weighted by Gasteiger charge is -2.20. The summed E-state index contributed by atoms with van der Waals surface area (Å²) in [7, 11) is 0. The summed E-state index contributed by atoms with van der Waals surface area (Å²) in [5.74, 6) is -0.208. The van der Waals surface area contributed by atoms with E-state index >= 15 is 0 Å². The molecule has 0 unspecified atom stereocenters. The van der Waals surface area contributed by atoms with Crippen LogP contribution in [0.2, 0.25) is 0 Å². The average Bonchev–Trinajstić information content (AvgIpc) is 3.20. The Morgan fingerprint density at radius 3 is 2.04 bits per heavy atom. The lowest BCUT2D eigenvalue weighted by atomic mass is 9.92. The molecule has 0 aliphatic rings. The highest BCUT2D eigenvalue weighted by atomic mass is 16.5. The zero-order valence-corrected chi connectivity index (χ0v) is 30.2. The van der Waals surface area contributed by atoms with E-state index in [9.17, 15) is 14.4 Å². The van der Waals surface area contributed by atoms with E-state index in [0.717, 1.165) is 38.2 Å². The van der Waals surface area contributed by atoms with E-state index in [1.54, 1.807) is 30.3 Å². The molecule has 0 aliphatic heterocycles. The molecule has 0 aliphatic carbocycles. The van der Waals surface area contributed by atoms with Crippen molar-refractivity contribution in [3.8, 4) is 22.6 Å². The van der Waals surface area contributed by atoms with Crippen LogP contribution < -0.4 is 20.5 Å². The number of benzene rings is 6. The first kappa shape index (κ1) is 37.7. The number of carbonyl (C=O) groups is 3. The van der Waals surface area contributed by atoms with Crippen LogP contribution in [0.3, 0.4) is 0 Å². The maximum Gasteiger partial charge on any atom is 0.227 e. The minimum absolute atomic E-state index is 0.0390. The van der Waals surface area contributed by atoms with Gasteiger partial charge in [-0.3, -0.25) is 14.4 Å². The molecule has 0 fully saturated rings. The van der Waals surface area contributed by atoms with Gasteiger partial charge in [0.05, 0.1) is 6.61 Å². The number of Topliss-reactive ketones (excluding diaryl/α,β-unsaturated/α-hetero) is 2.